The van der Waals surface area contributed by atoms with Gasteiger partial charge >= 0.3 is 0 Å². The molecule has 0 unspecified atom stereocenters. The van der Waals surface area contributed by atoms with Crippen LogP contribution in [0, 0.1) is 0 Å². The largest absolute Gasteiger partial charge is 0.351 e. The minimum atomic E-state index is -0.111. The fourth-order valence-electron chi connectivity index (χ4n) is 5.07. The van der Waals surface area contributed by atoms with Gasteiger partial charge in [0.15, 0.2) is 5.13 Å². The lowest BCUT2D eigenvalue weighted by atomic mass is 10.0. The van der Waals surface area contributed by atoms with Crippen molar-refractivity contribution >= 4 is 22.4 Å². The molecule has 174 valence electrons. The Hall–Kier alpha value is -3.30. The number of fused-ring (bicyclic) bond motifs is 3. The second kappa shape index (κ2) is 7.89. The molecule has 8 nitrogen and oxygen atoms in total. The van der Waals surface area contributed by atoms with Crippen LogP contribution in [0.3, 0.4) is 0 Å². The van der Waals surface area contributed by atoms with E-state index in [0.29, 0.717) is 5.13 Å². The molecular weight excluding hydrogens is 446 g/mol. The molecule has 1 aromatic carbocycles. The Balaban J connectivity index is 1.51. The van der Waals surface area contributed by atoms with Crippen LogP contribution in [-0.4, -0.2) is 49.6 Å². The van der Waals surface area contributed by atoms with Gasteiger partial charge in [0.05, 0.1) is 28.3 Å². The monoisotopic (exact) mass is 473 g/mol. The fourth-order valence-corrected chi connectivity index (χ4v) is 6.19. The van der Waals surface area contributed by atoms with E-state index < -0.39 is 0 Å². The molecule has 1 amide bonds. The van der Waals surface area contributed by atoms with Gasteiger partial charge in [-0.05, 0) is 63.9 Å². The average molecular weight is 474 g/mol. The number of nitrogens with one attached hydrogen (secondary N) is 2. The molecule has 3 aromatic heterocycles. The first-order valence-corrected chi connectivity index (χ1v) is 12.4. The molecule has 1 fully saturated rings. The zero-order valence-electron chi connectivity index (χ0n) is 19.6. The molecule has 1 saturated carbocycles. The maximum atomic E-state index is 11.7. The summed E-state index contributed by atoms with van der Waals surface area (Å²) in [5.41, 5.74) is 7.51. The average Bonchev–Trinajstić information content (AvgIpc) is 3.14. The van der Waals surface area contributed by atoms with E-state index in [4.69, 9.17) is 10.1 Å². The number of imidazole rings is 1. The predicted molar refractivity (Wildman–Crippen MR) is 133 cm³/mol. The van der Waals surface area contributed by atoms with Crippen LogP contribution in [0.1, 0.15) is 43.0 Å². The fraction of sp³-hybridized carbons (Fsp3) is 0.360. The number of hydrogen-bond donors (Lipinski definition) is 2. The smallest absolute Gasteiger partial charge is 0.223 e. The van der Waals surface area contributed by atoms with Crippen molar-refractivity contribution in [2.75, 3.05) is 19.4 Å². The summed E-state index contributed by atoms with van der Waals surface area (Å²) in [7, 11) is 4.31. The molecule has 4 aromatic rings. The first-order chi connectivity index (χ1) is 16.5. The molecule has 0 saturated heterocycles. The Bertz CT molecular complexity index is 1360. The van der Waals surface area contributed by atoms with Crippen LogP contribution in [0.5, 0.6) is 0 Å². The molecule has 2 N–H and O–H groups in total. The molecular formula is C25H27N7OS. The summed E-state index contributed by atoms with van der Waals surface area (Å²) in [5.74, 6) is -0.111. The molecule has 0 radical (unpaired) electrons. The highest BCUT2D eigenvalue weighted by atomic mass is 32.1. The Morgan fingerprint density at radius 1 is 1.21 bits per heavy atom. The van der Waals surface area contributed by atoms with Crippen molar-refractivity contribution in [2.45, 2.75) is 44.6 Å². The van der Waals surface area contributed by atoms with Gasteiger partial charge in [0, 0.05) is 24.2 Å². The standard InChI is InChI=1S/C25H27N7OS/c1-15(33)28-24-29-19-6-4-5-18-21(20-13-26-14-27-20)30-32(22(18)23(19)34-24)17-9-7-16(8-10-17)25(11-12-25)31(2)3/h7-10,13-14H,4-6,11-12H2,1-3H3,(H,26,27)(H,28,29,33). The Morgan fingerprint density at radius 3 is 2.65 bits per heavy atom. The third kappa shape index (κ3) is 3.38. The van der Waals surface area contributed by atoms with E-state index in [-0.39, 0.29) is 11.4 Å². The molecule has 6 rings (SSSR count). The van der Waals surface area contributed by atoms with Gasteiger partial charge < -0.3 is 10.3 Å². The molecule has 9 heteroatoms. The van der Waals surface area contributed by atoms with E-state index >= 15 is 0 Å². The maximum Gasteiger partial charge on any atom is 0.223 e. The second-order valence-corrected chi connectivity index (χ2v) is 10.3. The van der Waals surface area contributed by atoms with E-state index in [1.165, 1.54) is 42.2 Å². The molecule has 34 heavy (non-hydrogen) atoms. The van der Waals surface area contributed by atoms with Crippen molar-refractivity contribution in [3.8, 4) is 27.6 Å². The number of rotatable bonds is 5. The van der Waals surface area contributed by atoms with E-state index in [0.717, 1.165) is 52.6 Å². The van der Waals surface area contributed by atoms with E-state index in [1.807, 2.05) is 10.9 Å². The highest BCUT2D eigenvalue weighted by molar-refractivity contribution is 7.19. The van der Waals surface area contributed by atoms with Gasteiger partial charge in [-0.1, -0.05) is 23.5 Å². The third-order valence-electron chi connectivity index (χ3n) is 6.99. The van der Waals surface area contributed by atoms with Crippen LogP contribution >= 0.6 is 11.3 Å². The number of carbonyl (C=O) groups is 1. The lowest BCUT2D eigenvalue weighted by molar-refractivity contribution is -0.114. The zero-order valence-corrected chi connectivity index (χ0v) is 20.4. The number of amides is 1. The summed E-state index contributed by atoms with van der Waals surface area (Å²) in [4.78, 5) is 27.4. The highest BCUT2D eigenvalue weighted by Crippen LogP contribution is 2.50. The summed E-state index contributed by atoms with van der Waals surface area (Å²) in [6.45, 7) is 1.51. The number of aromatic amines is 1. The van der Waals surface area contributed by atoms with E-state index in [2.05, 4.69) is 58.5 Å². The number of benzene rings is 1. The molecule has 3 heterocycles. The minimum Gasteiger partial charge on any atom is -0.351 e. The van der Waals surface area contributed by atoms with Crippen LogP contribution in [0.4, 0.5) is 5.13 Å². The summed E-state index contributed by atoms with van der Waals surface area (Å²) < 4.78 is 2.04. The van der Waals surface area contributed by atoms with Crippen molar-refractivity contribution < 1.29 is 4.79 Å². The SMILES string of the molecule is CC(=O)Nc1nc2c(s1)-c1c(c(-c3c[nH]cn3)nn1-c1ccc(C3(N(C)C)CC3)cc1)CCC2. The van der Waals surface area contributed by atoms with Crippen molar-refractivity contribution in [1.29, 1.82) is 0 Å². The first kappa shape index (κ1) is 21.2. The number of aryl methyl sites for hydroxylation is 1. The Morgan fingerprint density at radius 2 is 2.00 bits per heavy atom. The summed E-state index contributed by atoms with van der Waals surface area (Å²) in [5, 5.41) is 8.57. The molecule has 0 bridgehead atoms. The van der Waals surface area contributed by atoms with Gasteiger partial charge in [-0.3, -0.25) is 9.69 Å². The van der Waals surface area contributed by atoms with Gasteiger partial charge in [0.2, 0.25) is 5.91 Å². The van der Waals surface area contributed by atoms with Crippen LogP contribution in [0.15, 0.2) is 36.8 Å². The van der Waals surface area contributed by atoms with Gasteiger partial charge in [0.1, 0.15) is 11.4 Å². The molecule has 2 aliphatic carbocycles. The summed E-state index contributed by atoms with van der Waals surface area (Å²) in [6.07, 6.45) is 8.70. The lowest BCUT2D eigenvalue weighted by Gasteiger charge is -2.24. The molecule has 2 aliphatic rings. The van der Waals surface area contributed by atoms with Crippen LogP contribution in [-0.2, 0) is 23.2 Å². The second-order valence-electron chi connectivity index (χ2n) is 9.34. The number of thiazole rings is 1. The van der Waals surface area contributed by atoms with Crippen molar-refractivity contribution in [3.05, 3.63) is 53.6 Å². The Labute approximate surface area is 202 Å². The van der Waals surface area contributed by atoms with E-state index in [9.17, 15) is 4.79 Å². The molecule has 0 aliphatic heterocycles. The van der Waals surface area contributed by atoms with Crippen LogP contribution in [0.2, 0.25) is 0 Å². The number of hydrogen-bond acceptors (Lipinski definition) is 6. The molecule has 0 spiro atoms. The summed E-state index contributed by atoms with van der Waals surface area (Å²) in [6, 6.07) is 8.80. The highest BCUT2D eigenvalue weighted by Gasteiger charge is 2.46. The third-order valence-corrected chi connectivity index (χ3v) is 8.01. The zero-order chi connectivity index (χ0) is 23.4. The first-order valence-electron chi connectivity index (χ1n) is 11.6. The number of H-pyrrole nitrogens is 1. The van der Waals surface area contributed by atoms with Gasteiger partial charge in [-0.2, -0.15) is 5.10 Å². The maximum absolute atomic E-state index is 11.7. The van der Waals surface area contributed by atoms with Crippen LogP contribution < -0.4 is 5.32 Å². The number of nitrogens with zero attached hydrogens (tertiary/aromatic N) is 5. The number of carbonyl (C=O) groups excluding carboxylic acids is 1. The van der Waals surface area contributed by atoms with Gasteiger partial charge in [-0.25, -0.2) is 14.6 Å². The number of aromatic nitrogens is 5. The van der Waals surface area contributed by atoms with Gasteiger partial charge in [-0.15, -0.1) is 0 Å². The van der Waals surface area contributed by atoms with Crippen molar-refractivity contribution in [3.63, 3.8) is 0 Å². The van der Waals surface area contributed by atoms with Crippen LogP contribution in [0.25, 0.3) is 27.6 Å². The lowest BCUT2D eigenvalue weighted by Crippen LogP contribution is -2.27. The Kier molecular flexibility index (Phi) is 4.93. The van der Waals surface area contributed by atoms with Crippen molar-refractivity contribution in [1.82, 2.24) is 29.6 Å². The summed E-state index contributed by atoms with van der Waals surface area (Å²) >= 11 is 1.52. The topological polar surface area (TPSA) is 91.7 Å². The molecule has 0 atom stereocenters. The quantitative estimate of drug-likeness (QED) is 0.449. The normalized spacial score (nSPS) is 16.1. The van der Waals surface area contributed by atoms with E-state index in [1.54, 1.807) is 6.33 Å². The van der Waals surface area contributed by atoms with Gasteiger partial charge in [0.25, 0.3) is 0 Å². The number of anilines is 1. The predicted octanol–water partition coefficient (Wildman–Crippen LogP) is 4.38. The van der Waals surface area contributed by atoms with Crippen molar-refractivity contribution in [2.24, 2.45) is 0 Å². The minimum absolute atomic E-state index is 0.111.